The number of aliphatic hydroxyl groups excluding tert-OH is 2. The molecule has 0 radical (unpaired) electrons. The third-order valence-corrected chi connectivity index (χ3v) is 12.8. The summed E-state index contributed by atoms with van der Waals surface area (Å²) >= 11 is 0. The average Bonchev–Trinajstić information content (AvgIpc) is 3.55. The first-order valence-electron chi connectivity index (χ1n) is 16.7. The molecule has 9 atom stereocenters. The van der Waals surface area contributed by atoms with Gasteiger partial charge in [0.2, 0.25) is 0 Å². The Bertz CT molecular complexity index is 1690. The number of carbonyl (C=O) groups is 2. The van der Waals surface area contributed by atoms with E-state index in [1.54, 1.807) is 12.2 Å². The number of Topliss-reactive ketones (excluding diaryl/α,β-unsaturated/α-hetero) is 1. The molecular formula is C38H43NO7. The first-order valence-corrected chi connectivity index (χ1v) is 16.7. The van der Waals surface area contributed by atoms with Crippen molar-refractivity contribution < 1.29 is 34.4 Å². The van der Waals surface area contributed by atoms with Crippen molar-refractivity contribution in [3.63, 3.8) is 0 Å². The van der Waals surface area contributed by atoms with E-state index in [4.69, 9.17) is 15.2 Å². The van der Waals surface area contributed by atoms with Crippen molar-refractivity contribution in [3.8, 4) is 0 Å². The number of benzene rings is 2. The number of fused-ring (bicyclic) bond motifs is 7. The molecule has 0 unspecified atom stereocenters. The molecule has 0 aromatic heterocycles. The zero-order valence-electron chi connectivity index (χ0n) is 26.4. The largest absolute Gasteiger partial charge is 0.398 e. The van der Waals surface area contributed by atoms with Gasteiger partial charge in [-0.05, 0) is 86.1 Å². The van der Waals surface area contributed by atoms with Crippen LogP contribution in [0.1, 0.15) is 80.9 Å². The van der Waals surface area contributed by atoms with Gasteiger partial charge in [-0.2, -0.15) is 0 Å². The standard InChI is InChI=1S/C38H43NO7/c1-35-11-10-25(41)17-24(35)7-8-26-28-18-32-38(31(43)20-40,36(28,2)19-30(42)33(26)35)46-34(45-32)23-5-3-4-21(15-23)14-22-6-9-27(29(39)16-22)37(44)12-13-37/h3-6,9-11,15-17,26,28,30,32-34,40,42,44H,7-8,12-14,18-20,39H2,1-2H3/t26-,28-,30-,32+,33+,34+,35-,36-,38+/m0/s1. The molecule has 1 aliphatic heterocycles. The molecule has 46 heavy (non-hydrogen) atoms. The lowest BCUT2D eigenvalue weighted by Gasteiger charge is -2.59. The summed E-state index contributed by atoms with van der Waals surface area (Å²) in [5.74, 6) is -0.337. The van der Waals surface area contributed by atoms with Gasteiger partial charge in [-0.25, -0.2) is 0 Å². The molecule has 242 valence electrons. The summed E-state index contributed by atoms with van der Waals surface area (Å²) in [6.45, 7) is 3.51. The number of rotatable bonds is 6. The second-order valence-corrected chi connectivity index (χ2v) is 15.2. The lowest BCUT2D eigenvalue weighted by Crippen LogP contribution is -2.63. The second kappa shape index (κ2) is 10.2. The third-order valence-electron chi connectivity index (χ3n) is 12.8. The molecule has 0 amide bonds. The Morgan fingerprint density at radius 3 is 2.63 bits per heavy atom. The first kappa shape index (κ1) is 30.2. The molecule has 4 saturated carbocycles. The summed E-state index contributed by atoms with van der Waals surface area (Å²) in [6.07, 6.45) is 7.89. The number of hydrogen-bond donors (Lipinski definition) is 4. The van der Waals surface area contributed by atoms with E-state index in [0.29, 0.717) is 24.9 Å². The Morgan fingerprint density at radius 1 is 1.11 bits per heavy atom. The van der Waals surface area contributed by atoms with Crippen molar-refractivity contribution in [1.29, 1.82) is 0 Å². The summed E-state index contributed by atoms with van der Waals surface area (Å²) in [5.41, 5.74) is 8.28. The third kappa shape index (κ3) is 4.16. The topological polar surface area (TPSA) is 139 Å². The molecule has 5 fully saturated rings. The van der Waals surface area contributed by atoms with E-state index < -0.39 is 52.9 Å². The maximum Gasteiger partial charge on any atom is 0.193 e. The van der Waals surface area contributed by atoms with Crippen LogP contribution in [0.15, 0.2) is 66.3 Å². The molecule has 8 nitrogen and oxygen atoms in total. The highest BCUT2D eigenvalue weighted by Crippen LogP contribution is 2.70. The summed E-state index contributed by atoms with van der Waals surface area (Å²) in [4.78, 5) is 26.1. The molecule has 8 heteroatoms. The lowest BCUT2D eigenvalue weighted by molar-refractivity contribution is -0.201. The molecule has 8 rings (SSSR count). The number of ether oxygens (including phenoxy) is 2. The highest BCUT2D eigenvalue weighted by atomic mass is 16.7. The van der Waals surface area contributed by atoms with Crippen LogP contribution in [0.3, 0.4) is 0 Å². The van der Waals surface area contributed by atoms with Gasteiger partial charge in [0.1, 0.15) is 6.61 Å². The Labute approximate surface area is 269 Å². The van der Waals surface area contributed by atoms with Crippen LogP contribution < -0.4 is 5.73 Å². The Balaban J connectivity index is 1.08. The first-order chi connectivity index (χ1) is 21.9. The van der Waals surface area contributed by atoms with Crippen LogP contribution in [-0.4, -0.2) is 51.3 Å². The molecule has 6 aliphatic rings. The van der Waals surface area contributed by atoms with Gasteiger partial charge in [0.05, 0.1) is 17.8 Å². The van der Waals surface area contributed by atoms with E-state index in [0.717, 1.165) is 53.5 Å². The minimum absolute atomic E-state index is 0.00362. The van der Waals surface area contributed by atoms with E-state index in [9.17, 15) is 24.9 Å². The highest BCUT2D eigenvalue weighted by molar-refractivity contribution is 6.01. The van der Waals surface area contributed by atoms with E-state index in [2.05, 4.69) is 6.92 Å². The zero-order valence-corrected chi connectivity index (χ0v) is 26.4. The lowest BCUT2D eigenvalue weighted by atomic mass is 9.46. The van der Waals surface area contributed by atoms with Crippen LogP contribution in [-0.2, 0) is 31.1 Å². The molecular weight excluding hydrogens is 582 g/mol. The van der Waals surface area contributed by atoms with Crippen LogP contribution in [0.4, 0.5) is 5.69 Å². The van der Waals surface area contributed by atoms with Crippen LogP contribution in [0.2, 0.25) is 0 Å². The van der Waals surface area contributed by atoms with Crippen LogP contribution in [0, 0.1) is 28.6 Å². The summed E-state index contributed by atoms with van der Waals surface area (Å²) in [5, 5.41) is 32.7. The van der Waals surface area contributed by atoms with Crippen molar-refractivity contribution in [2.45, 2.75) is 88.5 Å². The fourth-order valence-electron chi connectivity index (χ4n) is 10.5. The van der Waals surface area contributed by atoms with E-state index in [1.165, 1.54) is 0 Å². The maximum atomic E-state index is 13.9. The minimum Gasteiger partial charge on any atom is -0.398 e. The van der Waals surface area contributed by atoms with E-state index in [-0.39, 0.29) is 23.5 Å². The van der Waals surface area contributed by atoms with Gasteiger partial charge in [-0.3, -0.25) is 9.59 Å². The number of ketones is 2. The second-order valence-electron chi connectivity index (χ2n) is 15.2. The molecule has 2 aromatic carbocycles. The highest BCUT2D eigenvalue weighted by Gasteiger charge is 2.75. The van der Waals surface area contributed by atoms with Crippen molar-refractivity contribution >= 4 is 17.3 Å². The summed E-state index contributed by atoms with van der Waals surface area (Å²) in [6, 6.07) is 13.8. The predicted molar refractivity (Wildman–Crippen MR) is 170 cm³/mol. The van der Waals surface area contributed by atoms with Gasteiger partial charge >= 0.3 is 0 Å². The fourth-order valence-corrected chi connectivity index (χ4v) is 10.5. The average molecular weight is 626 g/mol. The van der Waals surface area contributed by atoms with Crippen molar-refractivity contribution in [2.75, 3.05) is 12.3 Å². The number of carbonyl (C=O) groups excluding carboxylic acids is 2. The van der Waals surface area contributed by atoms with Gasteiger partial charge in [0, 0.05) is 33.6 Å². The molecule has 1 heterocycles. The van der Waals surface area contributed by atoms with E-state index in [1.807, 2.05) is 55.5 Å². The smallest absolute Gasteiger partial charge is 0.193 e. The Morgan fingerprint density at radius 2 is 1.89 bits per heavy atom. The number of nitrogen functional groups attached to an aromatic ring is 1. The van der Waals surface area contributed by atoms with Gasteiger partial charge in [-0.15, -0.1) is 0 Å². The molecule has 1 saturated heterocycles. The Hall–Kier alpha value is -3.14. The maximum absolute atomic E-state index is 13.9. The monoisotopic (exact) mass is 625 g/mol. The van der Waals surface area contributed by atoms with Crippen LogP contribution >= 0.6 is 0 Å². The quantitative estimate of drug-likeness (QED) is 0.346. The normalized spacial score (nSPS) is 40.0. The molecule has 5 aliphatic carbocycles. The number of aliphatic hydroxyl groups is 3. The minimum atomic E-state index is -1.39. The predicted octanol–water partition coefficient (Wildman–Crippen LogP) is 4.44. The van der Waals surface area contributed by atoms with Crippen LogP contribution in [0.25, 0.3) is 0 Å². The van der Waals surface area contributed by atoms with Gasteiger partial charge in [0.15, 0.2) is 23.5 Å². The molecule has 0 spiro atoms. The Kier molecular flexibility index (Phi) is 6.68. The number of anilines is 1. The molecule has 0 bridgehead atoms. The molecule has 5 N–H and O–H groups in total. The summed E-state index contributed by atoms with van der Waals surface area (Å²) in [7, 11) is 0. The zero-order chi connectivity index (χ0) is 32.2. The summed E-state index contributed by atoms with van der Waals surface area (Å²) < 4.78 is 13.4. The van der Waals surface area contributed by atoms with Crippen molar-refractivity contribution in [3.05, 3.63) is 88.5 Å². The van der Waals surface area contributed by atoms with Crippen LogP contribution in [0.5, 0.6) is 0 Å². The number of nitrogens with two attached hydrogens (primary N) is 1. The van der Waals surface area contributed by atoms with Crippen molar-refractivity contribution in [1.82, 2.24) is 0 Å². The fraction of sp³-hybridized carbons (Fsp3) is 0.526. The number of allylic oxidation sites excluding steroid dienone is 4. The van der Waals surface area contributed by atoms with Gasteiger partial charge in [-0.1, -0.05) is 61.9 Å². The molecule has 2 aromatic rings. The van der Waals surface area contributed by atoms with E-state index >= 15 is 0 Å². The SMILES string of the molecule is C[C@]12C=CC(=O)C=C1CC[C@@H]1[C@@H]2[C@@H](O)C[C@@]2(C)[C@H]1C[C@H]1O[C@@H](c3cccc(Cc4ccc(C5(O)CC5)c(N)c4)c3)O[C@]12C(=O)CO. The van der Waals surface area contributed by atoms with Gasteiger partial charge < -0.3 is 30.5 Å². The number of hydrogen-bond acceptors (Lipinski definition) is 8. The van der Waals surface area contributed by atoms with Gasteiger partial charge in [0.25, 0.3) is 0 Å². The van der Waals surface area contributed by atoms with Crippen molar-refractivity contribution in [2.24, 2.45) is 28.6 Å².